The van der Waals surface area contributed by atoms with Crippen molar-refractivity contribution in [2.24, 2.45) is 0 Å². The molecule has 0 fully saturated rings. The molecule has 0 N–H and O–H groups in total. The number of hydrogen-bond donors (Lipinski definition) is 0. The molecule has 176 valence electrons. The standard InChI is InChI=1S/C28H23NO6/c1-20-2-12-25(13-3-20)33-18-21-4-8-23(9-5-21)28(30)34-19-22-6-14-26(15-7-22)35-27-16-10-24(11-17-27)29(31)32/h2-17H,18-19H2,1H3. The van der Waals surface area contributed by atoms with Gasteiger partial charge in [0.15, 0.2) is 0 Å². The molecule has 0 aliphatic carbocycles. The third-order valence-corrected chi connectivity index (χ3v) is 5.19. The van der Waals surface area contributed by atoms with Crippen molar-refractivity contribution in [1.29, 1.82) is 0 Å². The molecular formula is C28H23NO6. The Hall–Kier alpha value is -4.65. The molecule has 4 rings (SSSR count). The molecular weight excluding hydrogens is 446 g/mol. The van der Waals surface area contributed by atoms with Crippen LogP contribution in [0.1, 0.15) is 27.0 Å². The number of esters is 1. The second-order valence-electron chi connectivity index (χ2n) is 7.87. The highest BCUT2D eigenvalue weighted by Crippen LogP contribution is 2.24. The number of nitro benzene ring substituents is 1. The number of ether oxygens (including phenoxy) is 3. The first kappa shape index (κ1) is 23.5. The SMILES string of the molecule is Cc1ccc(OCc2ccc(C(=O)OCc3ccc(Oc4ccc([N+](=O)[O-])cc4)cc3)cc2)cc1. The fourth-order valence-electron chi connectivity index (χ4n) is 3.20. The van der Waals surface area contributed by atoms with Crippen molar-refractivity contribution >= 4 is 11.7 Å². The van der Waals surface area contributed by atoms with Gasteiger partial charge in [-0.1, -0.05) is 42.0 Å². The van der Waals surface area contributed by atoms with Gasteiger partial charge in [0.25, 0.3) is 5.69 Å². The Morgan fingerprint density at radius 2 is 1.23 bits per heavy atom. The lowest BCUT2D eigenvalue weighted by molar-refractivity contribution is -0.384. The lowest BCUT2D eigenvalue weighted by Crippen LogP contribution is -2.05. The second-order valence-corrected chi connectivity index (χ2v) is 7.87. The van der Waals surface area contributed by atoms with Crippen molar-refractivity contribution in [3.8, 4) is 17.2 Å². The predicted octanol–water partition coefficient (Wildman–Crippen LogP) is 6.63. The Morgan fingerprint density at radius 3 is 1.83 bits per heavy atom. The van der Waals surface area contributed by atoms with Crippen LogP contribution < -0.4 is 9.47 Å². The molecule has 35 heavy (non-hydrogen) atoms. The van der Waals surface area contributed by atoms with E-state index < -0.39 is 10.9 Å². The van der Waals surface area contributed by atoms with Gasteiger partial charge in [-0.2, -0.15) is 0 Å². The van der Waals surface area contributed by atoms with Gasteiger partial charge in [-0.05, 0) is 66.6 Å². The number of carbonyl (C=O) groups is 1. The molecule has 0 radical (unpaired) electrons. The lowest BCUT2D eigenvalue weighted by atomic mass is 10.1. The minimum atomic E-state index is -0.463. The molecule has 0 spiro atoms. The third kappa shape index (κ3) is 6.68. The molecule has 7 heteroatoms. The van der Waals surface area contributed by atoms with E-state index in [0.717, 1.165) is 16.9 Å². The summed E-state index contributed by atoms with van der Waals surface area (Å²) in [6.07, 6.45) is 0. The van der Waals surface area contributed by atoms with Crippen molar-refractivity contribution in [2.75, 3.05) is 0 Å². The van der Waals surface area contributed by atoms with Crippen LogP contribution in [0.25, 0.3) is 0 Å². The predicted molar refractivity (Wildman–Crippen MR) is 131 cm³/mol. The van der Waals surface area contributed by atoms with E-state index >= 15 is 0 Å². The van der Waals surface area contributed by atoms with Gasteiger partial charge in [0.1, 0.15) is 30.5 Å². The number of aryl methyl sites for hydroxylation is 1. The van der Waals surface area contributed by atoms with Crippen LogP contribution in [0.15, 0.2) is 97.1 Å². The van der Waals surface area contributed by atoms with Crippen molar-refractivity contribution in [3.05, 3.63) is 129 Å². The summed E-state index contributed by atoms with van der Waals surface area (Å²) in [4.78, 5) is 22.7. The minimum Gasteiger partial charge on any atom is -0.489 e. The van der Waals surface area contributed by atoms with Crippen LogP contribution in [0.5, 0.6) is 17.2 Å². The monoisotopic (exact) mass is 469 g/mol. The van der Waals surface area contributed by atoms with E-state index in [2.05, 4.69) is 0 Å². The smallest absolute Gasteiger partial charge is 0.338 e. The number of rotatable bonds is 9. The van der Waals surface area contributed by atoms with Gasteiger partial charge in [0, 0.05) is 12.1 Å². The maximum Gasteiger partial charge on any atom is 0.338 e. The van der Waals surface area contributed by atoms with Crippen LogP contribution >= 0.6 is 0 Å². The number of carbonyl (C=O) groups excluding carboxylic acids is 1. The van der Waals surface area contributed by atoms with Gasteiger partial charge < -0.3 is 14.2 Å². The quantitative estimate of drug-likeness (QED) is 0.155. The highest BCUT2D eigenvalue weighted by molar-refractivity contribution is 5.89. The van der Waals surface area contributed by atoms with Crippen LogP contribution in [-0.4, -0.2) is 10.9 Å². The maximum atomic E-state index is 12.4. The fraction of sp³-hybridized carbons (Fsp3) is 0.107. The summed E-state index contributed by atoms with van der Waals surface area (Å²) in [6.45, 7) is 2.55. The molecule has 0 aliphatic heterocycles. The minimum absolute atomic E-state index is 0.000246. The summed E-state index contributed by atoms with van der Waals surface area (Å²) in [5, 5.41) is 10.7. The van der Waals surface area contributed by atoms with Gasteiger partial charge >= 0.3 is 5.97 Å². The summed E-state index contributed by atoms with van der Waals surface area (Å²) in [5.74, 6) is 1.44. The molecule has 0 heterocycles. The summed E-state index contributed by atoms with van der Waals surface area (Å²) in [6, 6.07) is 27.9. The first-order valence-electron chi connectivity index (χ1n) is 10.9. The third-order valence-electron chi connectivity index (χ3n) is 5.19. The number of nitrogens with zero attached hydrogens (tertiary/aromatic N) is 1. The molecule has 0 amide bonds. The Kier molecular flexibility index (Phi) is 7.37. The Morgan fingerprint density at radius 1 is 0.714 bits per heavy atom. The van der Waals surface area contributed by atoms with Crippen molar-refractivity contribution < 1.29 is 23.9 Å². The topological polar surface area (TPSA) is 87.9 Å². The van der Waals surface area contributed by atoms with E-state index in [0.29, 0.717) is 23.7 Å². The van der Waals surface area contributed by atoms with Crippen molar-refractivity contribution in [1.82, 2.24) is 0 Å². The zero-order chi connectivity index (χ0) is 24.6. The zero-order valence-electron chi connectivity index (χ0n) is 19.0. The number of benzene rings is 4. The van der Waals surface area contributed by atoms with Crippen LogP contribution in [0, 0.1) is 17.0 Å². The molecule has 4 aromatic carbocycles. The van der Waals surface area contributed by atoms with E-state index in [-0.39, 0.29) is 12.3 Å². The van der Waals surface area contributed by atoms with Gasteiger partial charge in [-0.15, -0.1) is 0 Å². The first-order valence-corrected chi connectivity index (χ1v) is 10.9. The van der Waals surface area contributed by atoms with Gasteiger partial charge in [-0.25, -0.2) is 4.79 Å². The van der Waals surface area contributed by atoms with E-state index in [1.54, 1.807) is 36.4 Å². The molecule has 0 aliphatic rings. The molecule has 0 saturated heterocycles. The van der Waals surface area contributed by atoms with Crippen molar-refractivity contribution in [3.63, 3.8) is 0 Å². The highest BCUT2D eigenvalue weighted by Gasteiger charge is 2.09. The zero-order valence-corrected chi connectivity index (χ0v) is 19.0. The lowest BCUT2D eigenvalue weighted by Gasteiger charge is -2.09. The van der Waals surface area contributed by atoms with Crippen LogP contribution in [0.2, 0.25) is 0 Å². The highest BCUT2D eigenvalue weighted by atomic mass is 16.6. The van der Waals surface area contributed by atoms with E-state index in [1.165, 1.54) is 29.8 Å². The largest absolute Gasteiger partial charge is 0.489 e. The Labute approximate surface area is 202 Å². The number of non-ortho nitro benzene ring substituents is 1. The maximum absolute atomic E-state index is 12.4. The van der Waals surface area contributed by atoms with Gasteiger partial charge in [0.05, 0.1) is 10.5 Å². The summed E-state index contributed by atoms with van der Waals surface area (Å²) < 4.78 is 16.9. The molecule has 0 unspecified atom stereocenters. The first-order chi connectivity index (χ1) is 17.0. The van der Waals surface area contributed by atoms with Crippen LogP contribution in [0.4, 0.5) is 5.69 Å². The summed E-state index contributed by atoms with van der Waals surface area (Å²) >= 11 is 0. The van der Waals surface area contributed by atoms with Gasteiger partial charge in [0.2, 0.25) is 0 Å². The number of nitro groups is 1. The Balaban J connectivity index is 1.25. The molecule has 0 atom stereocenters. The normalized spacial score (nSPS) is 10.4. The van der Waals surface area contributed by atoms with E-state index in [9.17, 15) is 14.9 Å². The van der Waals surface area contributed by atoms with Gasteiger partial charge in [-0.3, -0.25) is 10.1 Å². The van der Waals surface area contributed by atoms with E-state index in [1.807, 2.05) is 43.3 Å². The molecule has 0 aromatic heterocycles. The average molecular weight is 469 g/mol. The summed E-state index contributed by atoms with van der Waals surface area (Å²) in [5.41, 5.74) is 3.39. The molecule has 4 aromatic rings. The fourth-order valence-corrected chi connectivity index (χ4v) is 3.20. The van der Waals surface area contributed by atoms with Crippen molar-refractivity contribution in [2.45, 2.75) is 20.1 Å². The van der Waals surface area contributed by atoms with Crippen LogP contribution in [-0.2, 0) is 18.0 Å². The number of hydrogen-bond acceptors (Lipinski definition) is 6. The average Bonchev–Trinajstić information content (AvgIpc) is 2.88. The Bertz CT molecular complexity index is 1280. The summed E-state index contributed by atoms with van der Waals surface area (Å²) in [7, 11) is 0. The van der Waals surface area contributed by atoms with Crippen LogP contribution in [0.3, 0.4) is 0 Å². The second kappa shape index (κ2) is 11.0. The molecule has 0 bridgehead atoms. The molecule has 0 saturated carbocycles. The molecule has 7 nitrogen and oxygen atoms in total. The van der Waals surface area contributed by atoms with E-state index in [4.69, 9.17) is 14.2 Å².